The number of likely N-dealkylation sites (tertiary alicyclic amines) is 1. The molecule has 4 rings (SSSR count). The Balaban J connectivity index is 1.54. The molecule has 2 aromatic rings. The van der Waals surface area contributed by atoms with Gasteiger partial charge in [-0.1, -0.05) is 18.2 Å². The van der Waals surface area contributed by atoms with E-state index in [1.165, 1.54) is 24.1 Å². The van der Waals surface area contributed by atoms with Crippen molar-refractivity contribution in [3.05, 3.63) is 47.4 Å². The Kier molecular flexibility index (Phi) is 6.94. The van der Waals surface area contributed by atoms with Crippen LogP contribution in [0.1, 0.15) is 55.7 Å². The number of benzene rings is 1. The molecule has 2 fully saturated rings. The van der Waals surface area contributed by atoms with Crippen molar-refractivity contribution in [2.75, 3.05) is 50.6 Å². The predicted molar refractivity (Wildman–Crippen MR) is 129 cm³/mol. The topological polar surface area (TPSA) is 55.8 Å². The lowest BCUT2D eigenvalue weighted by Crippen LogP contribution is -2.30. The summed E-state index contributed by atoms with van der Waals surface area (Å²) < 4.78 is 0. The van der Waals surface area contributed by atoms with Crippen LogP contribution in [0, 0.1) is 0 Å². The predicted octanol–water partition coefficient (Wildman–Crippen LogP) is 3.46. The highest BCUT2D eigenvalue weighted by atomic mass is 16.2. The summed E-state index contributed by atoms with van der Waals surface area (Å²) in [6.07, 6.45) is 4.48. The van der Waals surface area contributed by atoms with Gasteiger partial charge in [0.1, 0.15) is 5.82 Å². The number of carbonyl (C=O) groups is 1. The second-order valence-corrected chi connectivity index (χ2v) is 9.34. The number of hydrogen-bond acceptors (Lipinski definition) is 6. The van der Waals surface area contributed by atoms with Crippen molar-refractivity contribution in [3.8, 4) is 0 Å². The van der Waals surface area contributed by atoms with E-state index in [2.05, 4.69) is 47.2 Å². The number of para-hydroxylation sites is 1. The Bertz CT molecular complexity index is 940. The van der Waals surface area contributed by atoms with Gasteiger partial charge in [0.25, 0.3) is 0 Å². The molecule has 2 aliphatic heterocycles. The van der Waals surface area contributed by atoms with Gasteiger partial charge in [-0.3, -0.25) is 9.69 Å². The third kappa shape index (κ3) is 5.04. The lowest BCUT2D eigenvalue weighted by molar-refractivity contribution is -0.129. The molecule has 0 N–H and O–H groups in total. The van der Waals surface area contributed by atoms with E-state index in [1.54, 1.807) is 6.92 Å². The summed E-state index contributed by atoms with van der Waals surface area (Å²) in [5.41, 5.74) is 3.71. The number of rotatable bonds is 7. The molecular formula is C25H36N6O. The van der Waals surface area contributed by atoms with Crippen LogP contribution in [-0.2, 0) is 17.9 Å². The van der Waals surface area contributed by atoms with Gasteiger partial charge in [-0.05, 0) is 44.4 Å². The van der Waals surface area contributed by atoms with Crippen molar-refractivity contribution in [1.82, 2.24) is 19.8 Å². The standard InChI is InChI=1S/C25H36N6O/c1-19(32)31-15-9-12-23(31)25-26-21(16-24(27-25)28(2)3)18-29(4)17-20-10-5-6-11-22(20)30-13-7-8-14-30/h5-6,10-11,16,23H,7-9,12-15,17-18H2,1-4H3/t23-/m1/s1. The van der Waals surface area contributed by atoms with Gasteiger partial charge < -0.3 is 14.7 Å². The Morgan fingerprint density at radius 3 is 2.50 bits per heavy atom. The Morgan fingerprint density at radius 1 is 1.03 bits per heavy atom. The SMILES string of the molecule is CC(=O)N1CCC[C@@H]1c1nc(CN(C)Cc2ccccc2N2CCCC2)cc(N(C)C)n1. The molecule has 172 valence electrons. The highest BCUT2D eigenvalue weighted by molar-refractivity contribution is 5.74. The molecule has 32 heavy (non-hydrogen) atoms. The smallest absolute Gasteiger partial charge is 0.220 e. The molecule has 0 aliphatic carbocycles. The van der Waals surface area contributed by atoms with Gasteiger partial charge in [0, 0.05) is 65.5 Å². The normalized spacial score (nSPS) is 18.6. The monoisotopic (exact) mass is 436 g/mol. The van der Waals surface area contributed by atoms with E-state index in [9.17, 15) is 4.79 Å². The van der Waals surface area contributed by atoms with E-state index >= 15 is 0 Å². The average Bonchev–Trinajstić information content (AvgIpc) is 3.46. The van der Waals surface area contributed by atoms with Gasteiger partial charge in [0.05, 0.1) is 11.7 Å². The lowest BCUT2D eigenvalue weighted by Gasteiger charge is -2.26. The van der Waals surface area contributed by atoms with Crippen molar-refractivity contribution in [1.29, 1.82) is 0 Å². The first kappa shape index (κ1) is 22.5. The van der Waals surface area contributed by atoms with Crippen LogP contribution >= 0.6 is 0 Å². The van der Waals surface area contributed by atoms with E-state index in [1.807, 2.05) is 23.9 Å². The van der Waals surface area contributed by atoms with Crippen molar-refractivity contribution in [2.45, 2.75) is 51.7 Å². The molecule has 2 saturated heterocycles. The van der Waals surface area contributed by atoms with E-state index < -0.39 is 0 Å². The second kappa shape index (κ2) is 9.86. The lowest BCUT2D eigenvalue weighted by atomic mass is 10.1. The zero-order valence-electron chi connectivity index (χ0n) is 19.9. The summed E-state index contributed by atoms with van der Waals surface area (Å²) in [5.74, 6) is 1.76. The zero-order valence-corrected chi connectivity index (χ0v) is 19.9. The van der Waals surface area contributed by atoms with E-state index in [0.29, 0.717) is 0 Å². The molecule has 1 aromatic carbocycles. The maximum absolute atomic E-state index is 12.1. The number of aromatic nitrogens is 2. The van der Waals surface area contributed by atoms with Gasteiger partial charge >= 0.3 is 0 Å². The molecule has 0 saturated carbocycles. The fraction of sp³-hybridized carbons (Fsp3) is 0.560. The molecule has 0 bridgehead atoms. The fourth-order valence-corrected chi connectivity index (χ4v) is 4.91. The third-order valence-corrected chi connectivity index (χ3v) is 6.51. The highest BCUT2D eigenvalue weighted by Gasteiger charge is 2.30. The van der Waals surface area contributed by atoms with E-state index in [4.69, 9.17) is 9.97 Å². The molecule has 1 atom stereocenters. The maximum Gasteiger partial charge on any atom is 0.220 e. The summed E-state index contributed by atoms with van der Waals surface area (Å²) in [6.45, 7) is 6.33. The summed E-state index contributed by atoms with van der Waals surface area (Å²) in [5, 5.41) is 0. The number of anilines is 2. The molecule has 0 radical (unpaired) electrons. The minimum absolute atomic E-state index is 0.0210. The zero-order chi connectivity index (χ0) is 22.7. The van der Waals surface area contributed by atoms with Gasteiger partial charge in [-0.25, -0.2) is 9.97 Å². The highest BCUT2D eigenvalue weighted by Crippen LogP contribution is 2.31. The molecule has 0 unspecified atom stereocenters. The summed E-state index contributed by atoms with van der Waals surface area (Å²) in [4.78, 5) is 30.6. The van der Waals surface area contributed by atoms with Crippen LogP contribution in [0.2, 0.25) is 0 Å². The Labute approximate surface area is 192 Å². The molecule has 2 aliphatic rings. The van der Waals surface area contributed by atoms with Gasteiger partial charge in [0.2, 0.25) is 5.91 Å². The van der Waals surface area contributed by atoms with Crippen LogP contribution in [0.3, 0.4) is 0 Å². The molecule has 1 aromatic heterocycles. The summed E-state index contributed by atoms with van der Waals surface area (Å²) in [6, 6.07) is 10.8. The Hall–Kier alpha value is -2.67. The van der Waals surface area contributed by atoms with Crippen molar-refractivity contribution in [3.63, 3.8) is 0 Å². The molecule has 7 nitrogen and oxygen atoms in total. The van der Waals surface area contributed by atoms with E-state index in [-0.39, 0.29) is 11.9 Å². The minimum atomic E-state index is -0.0210. The molecule has 1 amide bonds. The molecule has 3 heterocycles. The first-order valence-electron chi connectivity index (χ1n) is 11.8. The number of amides is 1. The van der Waals surface area contributed by atoms with Crippen molar-refractivity contribution >= 4 is 17.4 Å². The fourth-order valence-electron chi connectivity index (χ4n) is 4.91. The molecular weight excluding hydrogens is 400 g/mol. The van der Waals surface area contributed by atoms with Crippen LogP contribution in [0.25, 0.3) is 0 Å². The largest absolute Gasteiger partial charge is 0.371 e. The molecule has 7 heteroatoms. The van der Waals surface area contributed by atoms with E-state index in [0.717, 1.165) is 62.9 Å². The van der Waals surface area contributed by atoms with Gasteiger partial charge in [-0.15, -0.1) is 0 Å². The Morgan fingerprint density at radius 2 is 1.78 bits per heavy atom. The maximum atomic E-state index is 12.1. The number of nitrogens with zero attached hydrogens (tertiary/aromatic N) is 6. The first-order valence-corrected chi connectivity index (χ1v) is 11.8. The van der Waals surface area contributed by atoms with Crippen LogP contribution in [0.4, 0.5) is 11.5 Å². The number of hydrogen-bond donors (Lipinski definition) is 0. The van der Waals surface area contributed by atoms with Crippen LogP contribution in [-0.4, -0.2) is 66.5 Å². The van der Waals surface area contributed by atoms with Crippen LogP contribution in [0.15, 0.2) is 30.3 Å². The van der Waals surface area contributed by atoms with Crippen molar-refractivity contribution in [2.24, 2.45) is 0 Å². The third-order valence-electron chi connectivity index (χ3n) is 6.51. The summed E-state index contributed by atoms with van der Waals surface area (Å²) >= 11 is 0. The second-order valence-electron chi connectivity index (χ2n) is 9.34. The van der Waals surface area contributed by atoms with Crippen molar-refractivity contribution < 1.29 is 4.79 Å². The first-order chi connectivity index (χ1) is 15.4. The number of carbonyl (C=O) groups excluding carboxylic acids is 1. The van der Waals surface area contributed by atoms with Crippen LogP contribution < -0.4 is 9.80 Å². The van der Waals surface area contributed by atoms with Gasteiger partial charge in [-0.2, -0.15) is 0 Å². The minimum Gasteiger partial charge on any atom is -0.371 e. The van der Waals surface area contributed by atoms with Gasteiger partial charge in [0.15, 0.2) is 5.82 Å². The average molecular weight is 437 g/mol. The summed E-state index contributed by atoms with van der Waals surface area (Å²) in [7, 11) is 6.15. The van der Waals surface area contributed by atoms with Crippen LogP contribution in [0.5, 0.6) is 0 Å². The molecule has 0 spiro atoms. The quantitative estimate of drug-likeness (QED) is 0.663.